The molecule has 0 spiro atoms. The molecular weight excluding hydrogens is 372 g/mol. The van der Waals surface area contributed by atoms with E-state index in [0.717, 1.165) is 11.3 Å². The third-order valence-corrected chi connectivity index (χ3v) is 3.94. The maximum atomic E-state index is 10.5. The van der Waals surface area contributed by atoms with Crippen LogP contribution in [-0.4, -0.2) is 46.0 Å². The number of carbonyl (C=O) groups is 1. The predicted molar refractivity (Wildman–Crippen MR) is 109 cm³/mol. The number of rotatable bonds is 7. The fraction of sp³-hybridized carbons (Fsp3) is 0.143. The Bertz CT molecular complexity index is 1040. The van der Waals surface area contributed by atoms with Crippen LogP contribution in [-0.2, 0) is 4.79 Å². The van der Waals surface area contributed by atoms with Crippen LogP contribution in [0.4, 0.5) is 5.82 Å². The number of phenolic OH excluding ortho intramolecular Hbond substituents is 1. The SMILES string of the molecule is Cc1cc(N(C)/N=C/c2ccc(OCC(=O)O)cc2)nc(-c2ccccc2O)n1. The number of benzene rings is 2. The lowest BCUT2D eigenvalue weighted by molar-refractivity contribution is -0.139. The quantitative estimate of drug-likeness (QED) is 0.470. The average Bonchev–Trinajstić information content (AvgIpc) is 2.71. The Labute approximate surface area is 167 Å². The zero-order valence-corrected chi connectivity index (χ0v) is 16.0. The van der Waals surface area contributed by atoms with E-state index in [1.807, 2.05) is 13.0 Å². The number of hydrogen-bond donors (Lipinski definition) is 2. The second-order valence-corrected chi connectivity index (χ2v) is 6.23. The Balaban J connectivity index is 1.76. The summed E-state index contributed by atoms with van der Waals surface area (Å²) < 4.78 is 5.10. The van der Waals surface area contributed by atoms with Crippen molar-refractivity contribution in [3.63, 3.8) is 0 Å². The molecule has 0 bridgehead atoms. The number of hydrazone groups is 1. The van der Waals surface area contributed by atoms with Gasteiger partial charge in [0.1, 0.15) is 11.5 Å². The third-order valence-electron chi connectivity index (χ3n) is 3.94. The number of ether oxygens (including phenoxy) is 1. The molecular formula is C21H20N4O4. The minimum absolute atomic E-state index is 0.111. The van der Waals surface area contributed by atoms with Gasteiger partial charge < -0.3 is 14.9 Å². The first kappa shape index (κ1) is 19.8. The highest BCUT2D eigenvalue weighted by Gasteiger charge is 2.11. The molecule has 0 saturated heterocycles. The topological polar surface area (TPSA) is 108 Å². The summed E-state index contributed by atoms with van der Waals surface area (Å²) in [5, 5.41) is 24.7. The van der Waals surface area contributed by atoms with Crippen LogP contribution < -0.4 is 9.75 Å². The number of carboxylic acids is 1. The number of aromatic nitrogens is 2. The molecule has 2 aromatic carbocycles. The molecule has 0 aliphatic heterocycles. The van der Waals surface area contributed by atoms with E-state index < -0.39 is 5.97 Å². The zero-order valence-electron chi connectivity index (χ0n) is 16.0. The van der Waals surface area contributed by atoms with Crippen LogP contribution in [0.5, 0.6) is 11.5 Å². The van der Waals surface area contributed by atoms with Gasteiger partial charge in [-0.25, -0.2) is 14.8 Å². The van der Waals surface area contributed by atoms with E-state index in [-0.39, 0.29) is 12.4 Å². The van der Waals surface area contributed by atoms with Gasteiger partial charge in [0.15, 0.2) is 18.2 Å². The number of aromatic hydroxyl groups is 1. The fourth-order valence-corrected chi connectivity index (χ4v) is 2.51. The van der Waals surface area contributed by atoms with Crippen LogP contribution in [0.3, 0.4) is 0 Å². The predicted octanol–water partition coefficient (Wildman–Crippen LogP) is 3.09. The molecule has 0 saturated carbocycles. The van der Waals surface area contributed by atoms with Gasteiger partial charge in [-0.05, 0) is 48.9 Å². The van der Waals surface area contributed by atoms with Gasteiger partial charge in [-0.2, -0.15) is 5.10 Å². The normalized spacial score (nSPS) is 10.8. The van der Waals surface area contributed by atoms with E-state index in [0.29, 0.717) is 23.0 Å². The number of aliphatic carboxylic acids is 1. The number of phenols is 1. The molecule has 148 valence electrons. The van der Waals surface area contributed by atoms with Crippen molar-refractivity contribution in [1.29, 1.82) is 0 Å². The second-order valence-electron chi connectivity index (χ2n) is 6.23. The Hall–Kier alpha value is -3.94. The zero-order chi connectivity index (χ0) is 20.8. The summed E-state index contributed by atoms with van der Waals surface area (Å²) in [6.45, 7) is 1.46. The van der Waals surface area contributed by atoms with Gasteiger partial charge in [-0.1, -0.05) is 12.1 Å². The van der Waals surface area contributed by atoms with Gasteiger partial charge in [0, 0.05) is 18.8 Å². The van der Waals surface area contributed by atoms with Crippen LogP contribution in [0, 0.1) is 6.92 Å². The Morgan fingerprint density at radius 3 is 2.59 bits per heavy atom. The first-order valence-electron chi connectivity index (χ1n) is 8.79. The van der Waals surface area contributed by atoms with E-state index >= 15 is 0 Å². The minimum atomic E-state index is -1.03. The summed E-state index contributed by atoms with van der Waals surface area (Å²) in [7, 11) is 1.76. The maximum Gasteiger partial charge on any atom is 0.341 e. The molecule has 0 amide bonds. The molecule has 8 heteroatoms. The monoisotopic (exact) mass is 392 g/mol. The van der Waals surface area contributed by atoms with Crippen molar-refractivity contribution in [1.82, 2.24) is 9.97 Å². The van der Waals surface area contributed by atoms with Crippen molar-refractivity contribution in [2.24, 2.45) is 5.10 Å². The van der Waals surface area contributed by atoms with Gasteiger partial charge in [0.25, 0.3) is 0 Å². The van der Waals surface area contributed by atoms with Crippen molar-refractivity contribution in [2.45, 2.75) is 6.92 Å². The van der Waals surface area contributed by atoms with Crippen molar-refractivity contribution in [3.8, 4) is 22.9 Å². The number of carboxylic acid groups (broad SMARTS) is 1. The molecule has 1 aromatic heterocycles. The Morgan fingerprint density at radius 1 is 1.17 bits per heavy atom. The average molecular weight is 392 g/mol. The van der Waals surface area contributed by atoms with Gasteiger partial charge in [-0.15, -0.1) is 0 Å². The van der Waals surface area contributed by atoms with Crippen molar-refractivity contribution >= 4 is 18.0 Å². The van der Waals surface area contributed by atoms with Gasteiger partial charge >= 0.3 is 5.97 Å². The molecule has 29 heavy (non-hydrogen) atoms. The standard InChI is InChI=1S/C21H20N4O4/c1-14-11-19(24-21(23-14)17-5-3-4-6-18(17)26)25(2)22-12-15-7-9-16(10-8-15)29-13-20(27)28/h3-12,26H,13H2,1-2H3,(H,27,28)/b22-12+. The van der Waals surface area contributed by atoms with Crippen LogP contribution >= 0.6 is 0 Å². The highest BCUT2D eigenvalue weighted by molar-refractivity contribution is 5.80. The van der Waals surface area contributed by atoms with Crippen molar-refractivity contribution in [3.05, 3.63) is 65.9 Å². The number of anilines is 1. The fourth-order valence-electron chi connectivity index (χ4n) is 2.51. The van der Waals surface area contributed by atoms with Crippen LogP contribution in [0.2, 0.25) is 0 Å². The van der Waals surface area contributed by atoms with Crippen LogP contribution in [0.25, 0.3) is 11.4 Å². The Kier molecular flexibility index (Phi) is 6.03. The van der Waals surface area contributed by atoms with Gasteiger partial charge in [0.2, 0.25) is 0 Å². The summed E-state index contributed by atoms with van der Waals surface area (Å²) in [6.07, 6.45) is 1.65. The molecule has 0 atom stereocenters. The van der Waals surface area contributed by atoms with E-state index in [1.165, 1.54) is 0 Å². The second kappa shape index (κ2) is 8.83. The molecule has 2 N–H and O–H groups in total. The number of para-hydroxylation sites is 1. The lowest BCUT2D eigenvalue weighted by atomic mass is 10.2. The molecule has 0 unspecified atom stereocenters. The maximum absolute atomic E-state index is 10.5. The molecule has 0 aliphatic carbocycles. The molecule has 0 aliphatic rings. The van der Waals surface area contributed by atoms with Gasteiger partial charge in [-0.3, -0.25) is 5.01 Å². The molecule has 3 aromatic rings. The summed E-state index contributed by atoms with van der Waals surface area (Å²) in [4.78, 5) is 19.4. The number of hydrogen-bond acceptors (Lipinski definition) is 7. The van der Waals surface area contributed by atoms with E-state index in [1.54, 1.807) is 66.8 Å². The molecule has 8 nitrogen and oxygen atoms in total. The molecule has 0 fully saturated rings. The highest BCUT2D eigenvalue weighted by atomic mass is 16.5. The van der Waals surface area contributed by atoms with Crippen LogP contribution in [0.1, 0.15) is 11.3 Å². The first-order valence-corrected chi connectivity index (χ1v) is 8.79. The first-order chi connectivity index (χ1) is 13.9. The number of aryl methyl sites for hydroxylation is 1. The molecule has 3 rings (SSSR count). The van der Waals surface area contributed by atoms with Crippen molar-refractivity contribution in [2.75, 3.05) is 18.7 Å². The largest absolute Gasteiger partial charge is 0.507 e. The van der Waals surface area contributed by atoms with Crippen LogP contribution in [0.15, 0.2) is 59.7 Å². The minimum Gasteiger partial charge on any atom is -0.507 e. The Morgan fingerprint density at radius 2 is 1.90 bits per heavy atom. The number of nitrogens with zero attached hydrogens (tertiary/aromatic N) is 4. The lowest BCUT2D eigenvalue weighted by Gasteiger charge is -2.14. The summed E-state index contributed by atoms with van der Waals surface area (Å²) in [6, 6.07) is 15.6. The smallest absolute Gasteiger partial charge is 0.341 e. The lowest BCUT2D eigenvalue weighted by Crippen LogP contribution is -2.12. The molecule has 1 heterocycles. The van der Waals surface area contributed by atoms with E-state index in [9.17, 15) is 9.90 Å². The van der Waals surface area contributed by atoms with E-state index in [4.69, 9.17) is 9.84 Å². The summed E-state index contributed by atoms with van der Waals surface area (Å²) >= 11 is 0. The van der Waals surface area contributed by atoms with Gasteiger partial charge in [0.05, 0.1) is 11.8 Å². The van der Waals surface area contributed by atoms with E-state index in [2.05, 4.69) is 15.1 Å². The summed E-state index contributed by atoms with van der Waals surface area (Å²) in [5.41, 5.74) is 2.10. The van der Waals surface area contributed by atoms with Crippen molar-refractivity contribution < 1.29 is 19.7 Å². The highest BCUT2D eigenvalue weighted by Crippen LogP contribution is 2.27. The third kappa shape index (κ3) is 5.29. The summed E-state index contributed by atoms with van der Waals surface area (Å²) in [5.74, 6) is 0.547. The molecule has 0 radical (unpaired) electrons.